The molecular weight excluding hydrogens is 342 g/mol. The van der Waals surface area contributed by atoms with Crippen LogP contribution < -0.4 is 4.90 Å². The van der Waals surface area contributed by atoms with E-state index in [9.17, 15) is 0 Å². The van der Waals surface area contributed by atoms with Crippen LogP contribution in [-0.2, 0) is 5.33 Å². The molecule has 0 aliphatic heterocycles. The van der Waals surface area contributed by atoms with Crippen LogP contribution in [0.1, 0.15) is 32.3 Å². The van der Waals surface area contributed by atoms with Gasteiger partial charge in [-0.2, -0.15) is 0 Å². The van der Waals surface area contributed by atoms with Crippen molar-refractivity contribution in [1.29, 1.82) is 0 Å². The number of rotatable bonds is 5. The number of anilines is 1. The Kier molecular flexibility index (Phi) is 4.53. The summed E-state index contributed by atoms with van der Waals surface area (Å²) in [4.78, 5) is 2.51. The van der Waals surface area contributed by atoms with Gasteiger partial charge >= 0.3 is 0 Å². The van der Waals surface area contributed by atoms with Gasteiger partial charge in [-0.1, -0.05) is 22.0 Å². The van der Waals surface area contributed by atoms with Crippen LogP contribution in [0, 0.1) is 5.92 Å². The Hall–Kier alpha value is -0.0200. The van der Waals surface area contributed by atoms with E-state index in [1.54, 1.807) is 0 Å². The Bertz CT molecular complexity index is 386. The molecule has 1 aliphatic rings. The van der Waals surface area contributed by atoms with Crippen molar-refractivity contribution in [2.75, 3.05) is 11.4 Å². The van der Waals surface area contributed by atoms with Gasteiger partial charge in [0.2, 0.25) is 0 Å². The number of hydrogen-bond donors (Lipinski definition) is 0. The van der Waals surface area contributed by atoms with Gasteiger partial charge in [0.25, 0.3) is 0 Å². The molecule has 0 atom stereocenters. The third-order valence-electron chi connectivity index (χ3n) is 3.25. The van der Waals surface area contributed by atoms with Crippen molar-refractivity contribution < 1.29 is 0 Å². The SMILES string of the molecule is CC(C)N(CC1CC1)c1ccc(CBr)cc1Br. The zero-order valence-electron chi connectivity index (χ0n) is 10.4. The molecular formula is C14H19Br2N. The third-order valence-corrected chi connectivity index (χ3v) is 4.53. The first-order valence-corrected chi connectivity index (χ1v) is 8.14. The lowest BCUT2D eigenvalue weighted by Crippen LogP contribution is -2.33. The average Bonchev–Trinajstić information content (AvgIpc) is 3.10. The summed E-state index contributed by atoms with van der Waals surface area (Å²) in [6.45, 7) is 5.74. The molecule has 1 aromatic carbocycles. The molecule has 1 fully saturated rings. The minimum atomic E-state index is 0.557. The predicted octanol–water partition coefficient (Wildman–Crippen LogP) is 4.97. The van der Waals surface area contributed by atoms with Crippen LogP contribution in [0.2, 0.25) is 0 Å². The van der Waals surface area contributed by atoms with Gasteiger partial charge in [-0.25, -0.2) is 0 Å². The number of hydrogen-bond acceptors (Lipinski definition) is 1. The zero-order valence-corrected chi connectivity index (χ0v) is 13.6. The van der Waals surface area contributed by atoms with Gasteiger partial charge in [0.15, 0.2) is 0 Å². The smallest absolute Gasteiger partial charge is 0.0513 e. The van der Waals surface area contributed by atoms with E-state index in [2.05, 4.69) is 68.8 Å². The first-order valence-electron chi connectivity index (χ1n) is 6.23. The number of benzene rings is 1. The first kappa shape index (κ1) is 13.4. The Labute approximate surface area is 121 Å². The molecule has 0 unspecified atom stereocenters. The Morgan fingerprint density at radius 3 is 2.53 bits per heavy atom. The highest BCUT2D eigenvalue weighted by molar-refractivity contribution is 9.10. The molecule has 0 amide bonds. The lowest BCUT2D eigenvalue weighted by atomic mass is 10.1. The summed E-state index contributed by atoms with van der Waals surface area (Å²) < 4.78 is 1.21. The second kappa shape index (κ2) is 5.75. The molecule has 0 radical (unpaired) electrons. The molecule has 1 saturated carbocycles. The van der Waals surface area contributed by atoms with Gasteiger partial charge in [-0.05, 0) is 66.2 Å². The molecule has 2 rings (SSSR count). The molecule has 0 N–H and O–H groups in total. The Balaban J connectivity index is 2.21. The number of halogens is 2. The highest BCUT2D eigenvalue weighted by atomic mass is 79.9. The fourth-order valence-electron chi connectivity index (χ4n) is 2.03. The van der Waals surface area contributed by atoms with Crippen LogP contribution >= 0.6 is 31.9 Å². The van der Waals surface area contributed by atoms with Crippen LogP contribution in [0.3, 0.4) is 0 Å². The maximum absolute atomic E-state index is 3.70. The minimum Gasteiger partial charge on any atom is -0.368 e. The first-order chi connectivity index (χ1) is 8.11. The van der Waals surface area contributed by atoms with Crippen molar-refractivity contribution in [2.24, 2.45) is 5.92 Å². The van der Waals surface area contributed by atoms with Crippen LogP contribution in [0.25, 0.3) is 0 Å². The van der Waals surface area contributed by atoms with Crippen LogP contribution in [0.15, 0.2) is 22.7 Å². The van der Waals surface area contributed by atoms with Crippen molar-refractivity contribution >= 4 is 37.5 Å². The van der Waals surface area contributed by atoms with Gasteiger partial charge in [0, 0.05) is 22.4 Å². The van der Waals surface area contributed by atoms with Gasteiger partial charge in [0.1, 0.15) is 0 Å². The molecule has 0 spiro atoms. The largest absolute Gasteiger partial charge is 0.368 e. The zero-order chi connectivity index (χ0) is 12.4. The second-order valence-corrected chi connectivity index (χ2v) is 6.52. The molecule has 94 valence electrons. The normalized spacial score (nSPS) is 15.4. The number of alkyl halides is 1. The van der Waals surface area contributed by atoms with E-state index in [0.29, 0.717) is 6.04 Å². The fourth-order valence-corrected chi connectivity index (χ4v) is 3.04. The second-order valence-electron chi connectivity index (χ2n) is 5.11. The van der Waals surface area contributed by atoms with E-state index in [0.717, 1.165) is 11.2 Å². The molecule has 3 heteroatoms. The highest BCUT2D eigenvalue weighted by Crippen LogP contribution is 2.35. The van der Waals surface area contributed by atoms with Crippen molar-refractivity contribution in [3.63, 3.8) is 0 Å². The van der Waals surface area contributed by atoms with E-state index in [4.69, 9.17) is 0 Å². The molecule has 1 aromatic rings. The maximum atomic E-state index is 3.70. The predicted molar refractivity (Wildman–Crippen MR) is 82.0 cm³/mol. The minimum absolute atomic E-state index is 0.557. The quantitative estimate of drug-likeness (QED) is 0.670. The summed E-state index contributed by atoms with van der Waals surface area (Å²) in [5.74, 6) is 0.917. The molecule has 0 heterocycles. The molecule has 1 nitrogen and oxygen atoms in total. The summed E-state index contributed by atoms with van der Waals surface area (Å²) in [5.41, 5.74) is 2.65. The Morgan fingerprint density at radius 2 is 2.06 bits per heavy atom. The number of nitrogens with zero attached hydrogens (tertiary/aromatic N) is 1. The lowest BCUT2D eigenvalue weighted by Gasteiger charge is -2.30. The molecule has 17 heavy (non-hydrogen) atoms. The summed E-state index contributed by atoms with van der Waals surface area (Å²) in [7, 11) is 0. The van der Waals surface area contributed by atoms with Gasteiger partial charge in [-0.15, -0.1) is 0 Å². The van der Waals surface area contributed by atoms with Crippen LogP contribution in [0.4, 0.5) is 5.69 Å². The summed E-state index contributed by atoms with van der Waals surface area (Å²) >= 11 is 7.20. The summed E-state index contributed by atoms with van der Waals surface area (Å²) in [6.07, 6.45) is 2.81. The standard InChI is InChI=1S/C14H19Br2N/c1-10(2)17(9-11-3-4-11)14-6-5-12(8-15)7-13(14)16/h5-7,10-11H,3-4,8-9H2,1-2H3. The van der Waals surface area contributed by atoms with Crippen molar-refractivity contribution in [3.05, 3.63) is 28.2 Å². The van der Waals surface area contributed by atoms with Gasteiger partial charge in [-0.3, -0.25) is 0 Å². The van der Waals surface area contributed by atoms with E-state index in [1.165, 1.54) is 35.1 Å². The van der Waals surface area contributed by atoms with Crippen LogP contribution in [0.5, 0.6) is 0 Å². The topological polar surface area (TPSA) is 3.24 Å². The average molecular weight is 361 g/mol. The van der Waals surface area contributed by atoms with Crippen molar-refractivity contribution in [1.82, 2.24) is 0 Å². The molecule has 1 aliphatic carbocycles. The van der Waals surface area contributed by atoms with E-state index in [-0.39, 0.29) is 0 Å². The van der Waals surface area contributed by atoms with Gasteiger partial charge in [0.05, 0.1) is 5.69 Å². The van der Waals surface area contributed by atoms with E-state index in [1.807, 2.05) is 0 Å². The summed E-state index contributed by atoms with van der Waals surface area (Å²) in [5, 5.41) is 0.913. The molecule has 0 bridgehead atoms. The monoisotopic (exact) mass is 359 g/mol. The van der Waals surface area contributed by atoms with Gasteiger partial charge < -0.3 is 4.90 Å². The lowest BCUT2D eigenvalue weighted by molar-refractivity contribution is 0.643. The van der Waals surface area contributed by atoms with E-state index >= 15 is 0 Å². The Morgan fingerprint density at radius 1 is 1.35 bits per heavy atom. The highest BCUT2D eigenvalue weighted by Gasteiger charge is 2.26. The third kappa shape index (κ3) is 3.47. The van der Waals surface area contributed by atoms with Crippen LogP contribution in [-0.4, -0.2) is 12.6 Å². The fraction of sp³-hybridized carbons (Fsp3) is 0.571. The van der Waals surface area contributed by atoms with Crippen molar-refractivity contribution in [3.8, 4) is 0 Å². The van der Waals surface area contributed by atoms with Crippen molar-refractivity contribution in [2.45, 2.75) is 38.1 Å². The molecule has 0 aromatic heterocycles. The van der Waals surface area contributed by atoms with E-state index < -0.39 is 0 Å². The maximum Gasteiger partial charge on any atom is 0.0513 e. The summed E-state index contributed by atoms with van der Waals surface area (Å²) in [6, 6.07) is 7.22. The molecule has 0 saturated heterocycles.